The minimum Gasteiger partial charge on any atom is -0.478 e. The highest BCUT2D eigenvalue weighted by Gasteiger charge is 2.32. The molecule has 0 saturated heterocycles. The highest BCUT2D eigenvalue weighted by Crippen LogP contribution is 2.35. The third-order valence-electron chi connectivity index (χ3n) is 4.35. The van der Waals surface area contributed by atoms with Crippen LogP contribution in [0.15, 0.2) is 29.8 Å². The van der Waals surface area contributed by atoms with E-state index >= 15 is 0 Å². The molecule has 0 unspecified atom stereocenters. The first-order valence-corrected chi connectivity index (χ1v) is 7.49. The molecular formula is C18H22O3. The van der Waals surface area contributed by atoms with Crippen LogP contribution in [0, 0.1) is 17.8 Å². The predicted molar refractivity (Wildman–Crippen MR) is 83.1 cm³/mol. The van der Waals surface area contributed by atoms with Crippen molar-refractivity contribution in [2.45, 2.75) is 33.6 Å². The second-order valence-electron chi connectivity index (χ2n) is 6.22. The summed E-state index contributed by atoms with van der Waals surface area (Å²) in [5, 5.41) is 8.91. The van der Waals surface area contributed by atoms with E-state index in [1.807, 2.05) is 6.08 Å². The van der Waals surface area contributed by atoms with Gasteiger partial charge in [-0.05, 0) is 54.0 Å². The number of hydrogen-bond acceptors (Lipinski definition) is 2. The monoisotopic (exact) mass is 286 g/mol. The first-order chi connectivity index (χ1) is 9.90. The molecule has 0 spiro atoms. The van der Waals surface area contributed by atoms with E-state index < -0.39 is 5.97 Å². The van der Waals surface area contributed by atoms with Crippen molar-refractivity contribution in [2.24, 2.45) is 17.8 Å². The molecule has 1 N–H and O–H groups in total. The number of rotatable bonds is 3. The molecule has 0 bridgehead atoms. The fourth-order valence-corrected chi connectivity index (χ4v) is 2.92. The van der Waals surface area contributed by atoms with E-state index in [1.165, 1.54) is 0 Å². The molecule has 2 atom stereocenters. The summed E-state index contributed by atoms with van der Waals surface area (Å²) in [7, 11) is 0. The quantitative estimate of drug-likeness (QED) is 0.853. The minimum atomic E-state index is -0.934. The Hall–Kier alpha value is -1.90. The third kappa shape index (κ3) is 3.41. The van der Waals surface area contributed by atoms with Crippen LogP contribution in [-0.4, -0.2) is 16.9 Å². The molecule has 0 heterocycles. The van der Waals surface area contributed by atoms with Crippen LogP contribution in [0.3, 0.4) is 0 Å². The summed E-state index contributed by atoms with van der Waals surface area (Å²) in [5.41, 5.74) is 2.03. The standard InChI is InChI=1S/C18H22O3/c1-11(2)15-9-4-12(3)16(17(15)19)10-13-5-7-14(8-6-13)18(20)21/h5-8,10-12,15H,4,9H2,1-3H3,(H,20,21)/t12-,15-/m1/s1. The van der Waals surface area contributed by atoms with E-state index in [4.69, 9.17) is 5.11 Å². The first kappa shape index (κ1) is 15.5. The highest BCUT2D eigenvalue weighted by atomic mass is 16.4. The van der Waals surface area contributed by atoms with E-state index in [0.717, 1.165) is 24.0 Å². The molecule has 1 aliphatic carbocycles. The van der Waals surface area contributed by atoms with Crippen LogP contribution in [-0.2, 0) is 4.79 Å². The van der Waals surface area contributed by atoms with E-state index in [9.17, 15) is 9.59 Å². The maximum absolute atomic E-state index is 12.6. The summed E-state index contributed by atoms with van der Waals surface area (Å²) in [5.74, 6) is 0.0717. The molecular weight excluding hydrogens is 264 g/mol. The van der Waals surface area contributed by atoms with Crippen molar-refractivity contribution in [3.63, 3.8) is 0 Å². The van der Waals surface area contributed by atoms with Gasteiger partial charge in [-0.3, -0.25) is 4.79 Å². The molecule has 112 valence electrons. The van der Waals surface area contributed by atoms with Crippen LogP contribution in [0.1, 0.15) is 49.5 Å². The Morgan fingerprint density at radius 1 is 1.24 bits per heavy atom. The molecule has 1 aromatic carbocycles. The molecule has 2 rings (SSSR count). The Bertz CT molecular complexity index is 567. The van der Waals surface area contributed by atoms with Gasteiger partial charge in [-0.1, -0.05) is 32.9 Å². The molecule has 0 aromatic heterocycles. The van der Waals surface area contributed by atoms with Gasteiger partial charge in [-0.15, -0.1) is 0 Å². The van der Waals surface area contributed by atoms with Crippen molar-refractivity contribution < 1.29 is 14.7 Å². The lowest BCUT2D eigenvalue weighted by atomic mass is 9.73. The van der Waals surface area contributed by atoms with Gasteiger partial charge in [0.1, 0.15) is 0 Å². The maximum Gasteiger partial charge on any atom is 0.335 e. The molecule has 1 aromatic rings. The minimum absolute atomic E-state index is 0.116. The Labute approximate surface area is 125 Å². The van der Waals surface area contributed by atoms with E-state index in [0.29, 0.717) is 5.92 Å². The van der Waals surface area contributed by atoms with E-state index in [2.05, 4.69) is 20.8 Å². The van der Waals surface area contributed by atoms with E-state index in [-0.39, 0.29) is 23.2 Å². The number of hydrogen-bond donors (Lipinski definition) is 1. The van der Waals surface area contributed by atoms with Gasteiger partial charge in [0.2, 0.25) is 0 Å². The zero-order valence-electron chi connectivity index (χ0n) is 12.8. The average molecular weight is 286 g/mol. The fraction of sp³-hybridized carbons (Fsp3) is 0.444. The molecule has 0 radical (unpaired) electrons. The Kier molecular flexibility index (Phi) is 4.61. The fourth-order valence-electron chi connectivity index (χ4n) is 2.92. The van der Waals surface area contributed by atoms with Gasteiger partial charge in [0, 0.05) is 5.92 Å². The lowest BCUT2D eigenvalue weighted by Gasteiger charge is -2.30. The molecule has 3 heteroatoms. The summed E-state index contributed by atoms with van der Waals surface area (Å²) >= 11 is 0. The molecule has 21 heavy (non-hydrogen) atoms. The third-order valence-corrected chi connectivity index (χ3v) is 4.35. The van der Waals surface area contributed by atoms with Crippen LogP contribution in [0.5, 0.6) is 0 Å². The number of carbonyl (C=O) groups is 2. The van der Waals surface area contributed by atoms with Gasteiger partial charge < -0.3 is 5.11 Å². The molecule has 1 aliphatic rings. The van der Waals surface area contributed by atoms with Crippen molar-refractivity contribution in [3.05, 3.63) is 41.0 Å². The number of benzene rings is 1. The molecule has 0 amide bonds. The van der Waals surface area contributed by atoms with Crippen LogP contribution in [0.2, 0.25) is 0 Å². The van der Waals surface area contributed by atoms with Crippen molar-refractivity contribution in [2.75, 3.05) is 0 Å². The number of Topliss-reactive ketones (excluding diaryl/α,β-unsaturated/α-hetero) is 1. The SMILES string of the molecule is CC(C)[C@H]1CC[C@@H](C)C(=Cc2ccc(C(=O)O)cc2)C1=O. The summed E-state index contributed by atoms with van der Waals surface area (Å²) in [6.07, 6.45) is 3.92. The van der Waals surface area contributed by atoms with Gasteiger partial charge in [0.15, 0.2) is 5.78 Å². The summed E-state index contributed by atoms with van der Waals surface area (Å²) in [6.45, 7) is 6.28. The topological polar surface area (TPSA) is 54.4 Å². The first-order valence-electron chi connectivity index (χ1n) is 7.49. The number of carbonyl (C=O) groups excluding carboxylic acids is 1. The zero-order valence-corrected chi connectivity index (χ0v) is 12.8. The second-order valence-corrected chi connectivity index (χ2v) is 6.22. The van der Waals surface area contributed by atoms with Gasteiger partial charge in [0.05, 0.1) is 5.56 Å². The Balaban J connectivity index is 2.28. The lowest BCUT2D eigenvalue weighted by Crippen LogP contribution is -2.30. The maximum atomic E-state index is 12.6. The van der Waals surface area contributed by atoms with Crippen molar-refractivity contribution in [1.82, 2.24) is 0 Å². The largest absolute Gasteiger partial charge is 0.478 e. The average Bonchev–Trinajstić information content (AvgIpc) is 2.43. The van der Waals surface area contributed by atoms with Crippen LogP contribution in [0.4, 0.5) is 0 Å². The molecule has 1 saturated carbocycles. The van der Waals surface area contributed by atoms with Crippen LogP contribution < -0.4 is 0 Å². The number of carboxylic acid groups (broad SMARTS) is 1. The predicted octanol–water partition coefficient (Wildman–Crippen LogP) is 4.04. The van der Waals surface area contributed by atoms with Gasteiger partial charge in [-0.2, -0.15) is 0 Å². The second kappa shape index (κ2) is 6.25. The highest BCUT2D eigenvalue weighted by molar-refractivity contribution is 6.02. The summed E-state index contributed by atoms with van der Waals surface area (Å²) in [6, 6.07) is 6.67. The van der Waals surface area contributed by atoms with E-state index in [1.54, 1.807) is 24.3 Å². The lowest BCUT2D eigenvalue weighted by molar-refractivity contribution is -0.122. The van der Waals surface area contributed by atoms with Crippen molar-refractivity contribution in [3.8, 4) is 0 Å². The van der Waals surface area contributed by atoms with Crippen LogP contribution in [0.25, 0.3) is 6.08 Å². The number of aromatic carboxylic acids is 1. The van der Waals surface area contributed by atoms with Crippen molar-refractivity contribution in [1.29, 1.82) is 0 Å². The van der Waals surface area contributed by atoms with Crippen LogP contribution >= 0.6 is 0 Å². The number of carboxylic acids is 1. The zero-order chi connectivity index (χ0) is 15.6. The van der Waals surface area contributed by atoms with Gasteiger partial charge in [-0.25, -0.2) is 4.79 Å². The molecule has 3 nitrogen and oxygen atoms in total. The normalized spacial score (nSPS) is 24.6. The number of ketones is 1. The Morgan fingerprint density at radius 2 is 1.86 bits per heavy atom. The number of allylic oxidation sites excluding steroid dienone is 1. The summed E-state index contributed by atoms with van der Waals surface area (Å²) in [4.78, 5) is 23.4. The van der Waals surface area contributed by atoms with Gasteiger partial charge in [0.25, 0.3) is 0 Å². The van der Waals surface area contributed by atoms with Gasteiger partial charge >= 0.3 is 5.97 Å². The molecule has 1 fully saturated rings. The molecule has 0 aliphatic heterocycles. The Morgan fingerprint density at radius 3 is 2.38 bits per heavy atom. The summed E-state index contributed by atoms with van der Waals surface area (Å²) < 4.78 is 0. The smallest absolute Gasteiger partial charge is 0.335 e. The van der Waals surface area contributed by atoms with Crippen molar-refractivity contribution >= 4 is 17.8 Å².